The monoisotopic (exact) mass is 160 g/mol. The van der Waals surface area contributed by atoms with Crippen LogP contribution in [0, 0.1) is 23.0 Å². The van der Waals surface area contributed by atoms with Crippen LogP contribution in [0.25, 0.3) is 0 Å². The lowest BCUT2D eigenvalue weighted by Gasteiger charge is -1.94. The molecule has 0 saturated heterocycles. The number of hydrogen-bond acceptors (Lipinski definition) is 2. The average Bonchev–Trinajstić information content (AvgIpc) is 1.99. The molecule has 1 aromatic carbocycles. The molecule has 5 heteroatoms. The Labute approximate surface area is 60.2 Å². The predicted molar refractivity (Wildman–Crippen MR) is 31.1 cm³/mol. The Hall–Kier alpha value is -1.39. The molecule has 0 aliphatic heterocycles. The molecule has 0 aromatic heterocycles. The van der Waals surface area contributed by atoms with E-state index in [2.05, 4.69) is 5.11 Å². The quantitative estimate of drug-likeness (QED) is 0.484. The molecule has 0 radical (unpaired) electrons. The Balaban J connectivity index is 3.31. The highest BCUT2D eigenvalue weighted by atomic mass is 19.2. The van der Waals surface area contributed by atoms with Crippen molar-refractivity contribution in [2.75, 3.05) is 0 Å². The van der Waals surface area contributed by atoms with E-state index in [4.69, 9.17) is 5.53 Å². The SMILES string of the molecule is N=Nc1cc(F)c(F)c(F)c1. The molecule has 0 aliphatic rings. The van der Waals surface area contributed by atoms with E-state index in [1.54, 1.807) is 0 Å². The molecule has 11 heavy (non-hydrogen) atoms. The maximum Gasteiger partial charge on any atom is 0.194 e. The predicted octanol–water partition coefficient (Wildman–Crippen LogP) is 2.77. The second kappa shape index (κ2) is 2.69. The number of rotatable bonds is 1. The Kier molecular flexibility index (Phi) is 1.89. The van der Waals surface area contributed by atoms with Crippen molar-refractivity contribution in [2.45, 2.75) is 0 Å². The minimum Gasteiger partial charge on any atom is -0.204 e. The highest BCUT2D eigenvalue weighted by Crippen LogP contribution is 2.18. The van der Waals surface area contributed by atoms with Gasteiger partial charge in [-0.2, -0.15) is 5.11 Å². The van der Waals surface area contributed by atoms with Gasteiger partial charge in [0.15, 0.2) is 17.5 Å². The third kappa shape index (κ3) is 1.36. The Morgan fingerprint density at radius 3 is 1.91 bits per heavy atom. The first-order valence-corrected chi connectivity index (χ1v) is 2.67. The van der Waals surface area contributed by atoms with Crippen LogP contribution in [0.15, 0.2) is 17.2 Å². The second-order valence-corrected chi connectivity index (χ2v) is 1.84. The minimum atomic E-state index is -1.54. The van der Waals surface area contributed by atoms with Gasteiger partial charge in [-0.05, 0) is 0 Å². The molecule has 0 atom stereocenters. The molecule has 2 nitrogen and oxygen atoms in total. The van der Waals surface area contributed by atoms with Crippen LogP contribution in [0.4, 0.5) is 18.9 Å². The second-order valence-electron chi connectivity index (χ2n) is 1.84. The summed E-state index contributed by atoms with van der Waals surface area (Å²) in [5.41, 5.74) is 6.13. The molecule has 0 aliphatic carbocycles. The van der Waals surface area contributed by atoms with Crippen LogP contribution in [-0.4, -0.2) is 0 Å². The minimum absolute atomic E-state index is 0.249. The van der Waals surface area contributed by atoms with Crippen LogP contribution in [-0.2, 0) is 0 Å². The van der Waals surface area contributed by atoms with Crippen molar-refractivity contribution in [3.63, 3.8) is 0 Å². The molecule has 1 rings (SSSR count). The van der Waals surface area contributed by atoms with Gasteiger partial charge in [0.2, 0.25) is 0 Å². The van der Waals surface area contributed by atoms with Gasteiger partial charge in [0.1, 0.15) is 0 Å². The molecule has 0 fully saturated rings. The topological polar surface area (TPSA) is 36.2 Å². The molecule has 0 unspecified atom stereocenters. The maximum atomic E-state index is 12.3. The molecular formula is C6H3F3N2. The van der Waals surface area contributed by atoms with Gasteiger partial charge in [-0.1, -0.05) is 0 Å². The summed E-state index contributed by atoms with van der Waals surface area (Å²) in [5, 5.41) is 2.74. The van der Waals surface area contributed by atoms with Crippen molar-refractivity contribution in [1.82, 2.24) is 0 Å². The van der Waals surface area contributed by atoms with Crippen molar-refractivity contribution in [3.8, 4) is 0 Å². The van der Waals surface area contributed by atoms with E-state index in [-0.39, 0.29) is 5.69 Å². The Morgan fingerprint density at radius 2 is 1.55 bits per heavy atom. The van der Waals surface area contributed by atoms with E-state index in [0.717, 1.165) is 0 Å². The normalized spacial score (nSPS) is 9.73. The van der Waals surface area contributed by atoms with Gasteiger partial charge in [-0.3, -0.25) is 0 Å². The first kappa shape index (κ1) is 7.71. The summed E-state index contributed by atoms with van der Waals surface area (Å²) in [5.74, 6) is -4.22. The zero-order valence-corrected chi connectivity index (χ0v) is 5.24. The summed E-state index contributed by atoms with van der Waals surface area (Å²) >= 11 is 0. The average molecular weight is 160 g/mol. The van der Waals surface area contributed by atoms with Crippen LogP contribution in [0.1, 0.15) is 0 Å². The largest absolute Gasteiger partial charge is 0.204 e. The summed E-state index contributed by atoms with van der Waals surface area (Å²) in [6.07, 6.45) is 0. The fourth-order valence-electron chi connectivity index (χ4n) is 0.607. The van der Waals surface area contributed by atoms with E-state index >= 15 is 0 Å². The number of halogens is 3. The van der Waals surface area contributed by atoms with E-state index in [0.29, 0.717) is 12.1 Å². The standard InChI is InChI=1S/C6H3F3N2/c7-4-1-3(11-10)2-5(8)6(4)9/h1-2,10H. The Morgan fingerprint density at radius 1 is 1.09 bits per heavy atom. The van der Waals surface area contributed by atoms with Gasteiger partial charge in [-0.15, -0.1) is 0 Å². The lowest BCUT2D eigenvalue weighted by Crippen LogP contribution is -1.88. The molecule has 0 saturated carbocycles. The first-order chi connectivity index (χ1) is 5.15. The molecule has 58 valence electrons. The molecule has 0 spiro atoms. The third-order valence-corrected chi connectivity index (χ3v) is 1.10. The van der Waals surface area contributed by atoms with Crippen LogP contribution in [0.2, 0.25) is 0 Å². The first-order valence-electron chi connectivity index (χ1n) is 2.67. The summed E-state index contributed by atoms with van der Waals surface area (Å²) in [7, 11) is 0. The fraction of sp³-hybridized carbons (Fsp3) is 0. The van der Waals surface area contributed by atoms with Gasteiger partial charge in [0.05, 0.1) is 5.69 Å². The lowest BCUT2D eigenvalue weighted by atomic mass is 10.3. The van der Waals surface area contributed by atoms with E-state index in [9.17, 15) is 13.2 Å². The molecule has 0 heterocycles. The third-order valence-electron chi connectivity index (χ3n) is 1.10. The molecule has 1 aromatic rings. The van der Waals surface area contributed by atoms with Crippen LogP contribution in [0.3, 0.4) is 0 Å². The molecule has 0 amide bonds. The highest BCUT2D eigenvalue weighted by Gasteiger charge is 2.09. The highest BCUT2D eigenvalue weighted by molar-refractivity contribution is 5.36. The molecule has 1 N–H and O–H groups in total. The van der Waals surface area contributed by atoms with Crippen molar-refractivity contribution in [1.29, 1.82) is 5.53 Å². The maximum absolute atomic E-state index is 12.3. The van der Waals surface area contributed by atoms with Crippen molar-refractivity contribution < 1.29 is 13.2 Å². The van der Waals surface area contributed by atoms with Gasteiger partial charge in [0.25, 0.3) is 0 Å². The zero-order chi connectivity index (χ0) is 8.43. The van der Waals surface area contributed by atoms with Gasteiger partial charge >= 0.3 is 0 Å². The Bertz CT molecular complexity index is 275. The van der Waals surface area contributed by atoms with E-state index in [1.807, 2.05) is 0 Å². The van der Waals surface area contributed by atoms with Gasteiger partial charge in [0, 0.05) is 12.1 Å². The van der Waals surface area contributed by atoms with Crippen molar-refractivity contribution >= 4 is 5.69 Å². The number of hydrogen-bond donors (Lipinski definition) is 1. The lowest BCUT2D eigenvalue weighted by molar-refractivity contribution is 0.447. The summed E-state index contributed by atoms with van der Waals surface area (Å²) in [6.45, 7) is 0. The van der Waals surface area contributed by atoms with E-state index in [1.165, 1.54) is 0 Å². The number of nitrogens with one attached hydrogen (secondary N) is 1. The number of benzene rings is 1. The van der Waals surface area contributed by atoms with E-state index < -0.39 is 17.5 Å². The molecule has 0 bridgehead atoms. The van der Waals surface area contributed by atoms with Gasteiger partial charge < -0.3 is 0 Å². The van der Waals surface area contributed by atoms with Crippen LogP contribution in [0.5, 0.6) is 0 Å². The van der Waals surface area contributed by atoms with Crippen molar-refractivity contribution in [3.05, 3.63) is 29.6 Å². The number of nitrogens with zero attached hydrogens (tertiary/aromatic N) is 1. The zero-order valence-electron chi connectivity index (χ0n) is 5.24. The van der Waals surface area contributed by atoms with Gasteiger partial charge in [-0.25, -0.2) is 18.7 Å². The fourth-order valence-corrected chi connectivity index (χ4v) is 0.607. The summed E-state index contributed by atoms with van der Waals surface area (Å²) < 4.78 is 36.7. The van der Waals surface area contributed by atoms with Crippen LogP contribution < -0.4 is 0 Å². The van der Waals surface area contributed by atoms with Crippen molar-refractivity contribution in [2.24, 2.45) is 5.11 Å². The smallest absolute Gasteiger partial charge is 0.194 e. The summed E-state index contributed by atoms with van der Waals surface area (Å²) in [6, 6.07) is 1.29. The van der Waals surface area contributed by atoms with Crippen LogP contribution >= 0.6 is 0 Å². The summed E-state index contributed by atoms with van der Waals surface area (Å²) in [4.78, 5) is 0. The molecular weight excluding hydrogens is 157 g/mol.